The Balaban J connectivity index is 1.71. The highest BCUT2D eigenvalue weighted by atomic mass is 35.5. The number of halogens is 2. The first-order valence-corrected chi connectivity index (χ1v) is 7.31. The quantitative estimate of drug-likeness (QED) is 0.698. The fourth-order valence-electron chi connectivity index (χ4n) is 1.55. The van der Waals surface area contributed by atoms with Crippen LogP contribution in [0.1, 0.15) is 5.82 Å². The molecule has 102 valence electrons. The largest absolute Gasteiger partial charge is 0.484 e. The molecule has 4 nitrogen and oxygen atoms in total. The van der Waals surface area contributed by atoms with Gasteiger partial charge in [-0.1, -0.05) is 40.5 Å². The van der Waals surface area contributed by atoms with Crippen molar-refractivity contribution in [3.63, 3.8) is 0 Å². The average molecular weight is 327 g/mol. The van der Waals surface area contributed by atoms with E-state index in [2.05, 4.69) is 10.1 Å². The Morgan fingerprint density at radius 3 is 2.90 bits per heavy atom. The number of aromatic nitrogens is 2. The van der Waals surface area contributed by atoms with Crippen molar-refractivity contribution in [1.29, 1.82) is 0 Å². The molecular weight excluding hydrogens is 319 g/mol. The van der Waals surface area contributed by atoms with E-state index < -0.39 is 0 Å². The molecule has 0 amide bonds. The molecule has 0 N–H and O–H groups in total. The van der Waals surface area contributed by atoms with E-state index in [1.165, 1.54) is 11.3 Å². The van der Waals surface area contributed by atoms with E-state index in [0.29, 0.717) is 27.5 Å². The van der Waals surface area contributed by atoms with Gasteiger partial charge in [0.1, 0.15) is 10.8 Å². The lowest BCUT2D eigenvalue weighted by Crippen LogP contribution is -1.98. The zero-order valence-corrected chi connectivity index (χ0v) is 12.4. The smallest absolute Gasteiger partial charge is 0.268 e. The molecule has 20 heavy (non-hydrogen) atoms. The van der Waals surface area contributed by atoms with Gasteiger partial charge in [-0.2, -0.15) is 4.98 Å². The zero-order chi connectivity index (χ0) is 13.9. The number of thiophene rings is 1. The maximum Gasteiger partial charge on any atom is 0.268 e. The molecule has 7 heteroatoms. The van der Waals surface area contributed by atoms with Crippen LogP contribution in [0.25, 0.3) is 10.8 Å². The van der Waals surface area contributed by atoms with E-state index in [1.54, 1.807) is 18.2 Å². The van der Waals surface area contributed by atoms with Crippen molar-refractivity contribution >= 4 is 34.5 Å². The summed E-state index contributed by atoms with van der Waals surface area (Å²) in [6.07, 6.45) is 0. The van der Waals surface area contributed by atoms with Crippen LogP contribution in [0.15, 0.2) is 40.2 Å². The van der Waals surface area contributed by atoms with Gasteiger partial charge in [0.05, 0.1) is 9.90 Å². The number of ether oxygens (including phenoxy) is 1. The van der Waals surface area contributed by atoms with Gasteiger partial charge >= 0.3 is 0 Å². The van der Waals surface area contributed by atoms with E-state index in [1.807, 2.05) is 17.5 Å². The molecule has 0 spiro atoms. The van der Waals surface area contributed by atoms with Gasteiger partial charge in [-0.15, -0.1) is 11.3 Å². The number of rotatable bonds is 4. The van der Waals surface area contributed by atoms with Crippen LogP contribution in [-0.4, -0.2) is 10.1 Å². The van der Waals surface area contributed by atoms with Crippen molar-refractivity contribution in [3.8, 4) is 16.5 Å². The molecule has 0 aliphatic heterocycles. The Bertz CT molecular complexity index is 713. The van der Waals surface area contributed by atoms with Crippen LogP contribution in [0.3, 0.4) is 0 Å². The summed E-state index contributed by atoms with van der Waals surface area (Å²) in [6, 6.07) is 9.02. The van der Waals surface area contributed by atoms with E-state index in [0.717, 1.165) is 4.88 Å². The van der Waals surface area contributed by atoms with Crippen LogP contribution >= 0.6 is 34.5 Å². The first-order valence-electron chi connectivity index (χ1n) is 5.67. The zero-order valence-electron chi connectivity index (χ0n) is 10.0. The van der Waals surface area contributed by atoms with Gasteiger partial charge in [-0.25, -0.2) is 0 Å². The summed E-state index contributed by atoms with van der Waals surface area (Å²) < 4.78 is 10.7. The van der Waals surface area contributed by atoms with Crippen molar-refractivity contribution in [1.82, 2.24) is 10.1 Å². The molecule has 0 unspecified atom stereocenters. The molecule has 0 bridgehead atoms. The first kappa shape index (κ1) is 13.4. The van der Waals surface area contributed by atoms with E-state index >= 15 is 0 Å². The fraction of sp³-hybridized carbons (Fsp3) is 0.0769. The molecular formula is C13H8Cl2N2O2S. The molecule has 0 atom stereocenters. The standard InChI is InChI=1S/C13H8Cl2N2O2S/c14-8-3-1-4-9(12(8)15)18-7-11-16-13(19-17-11)10-5-2-6-20-10/h1-6H,7H2. The lowest BCUT2D eigenvalue weighted by atomic mass is 10.3. The maximum atomic E-state index is 6.03. The SMILES string of the molecule is Clc1cccc(OCc2noc(-c3cccs3)n2)c1Cl. The number of hydrogen-bond donors (Lipinski definition) is 0. The molecule has 2 heterocycles. The monoisotopic (exact) mass is 326 g/mol. The van der Waals surface area contributed by atoms with Gasteiger partial charge in [0.15, 0.2) is 6.61 Å². The van der Waals surface area contributed by atoms with E-state index in [4.69, 9.17) is 32.5 Å². The number of hydrogen-bond acceptors (Lipinski definition) is 5. The summed E-state index contributed by atoms with van der Waals surface area (Å²) in [6.45, 7) is 0.162. The Morgan fingerprint density at radius 2 is 2.10 bits per heavy atom. The average Bonchev–Trinajstić information content (AvgIpc) is 3.10. The van der Waals surface area contributed by atoms with Gasteiger partial charge in [0, 0.05) is 0 Å². The lowest BCUT2D eigenvalue weighted by Gasteiger charge is -2.06. The third-order valence-corrected chi connectivity index (χ3v) is 4.13. The van der Waals surface area contributed by atoms with Crippen molar-refractivity contribution in [2.75, 3.05) is 0 Å². The molecule has 0 aliphatic rings. The second-order valence-corrected chi connectivity index (χ2v) is 5.57. The predicted octanol–water partition coefficient (Wildman–Crippen LogP) is 4.68. The van der Waals surface area contributed by atoms with Crippen LogP contribution < -0.4 is 4.74 Å². The van der Waals surface area contributed by atoms with E-state index in [-0.39, 0.29) is 6.61 Å². The van der Waals surface area contributed by atoms with Crippen LogP contribution in [0, 0.1) is 0 Å². The predicted molar refractivity (Wildman–Crippen MR) is 78.4 cm³/mol. The molecule has 3 rings (SSSR count). The van der Waals surface area contributed by atoms with Crippen molar-refractivity contribution in [3.05, 3.63) is 51.6 Å². The molecule has 2 aromatic heterocycles. The molecule has 0 saturated heterocycles. The van der Waals surface area contributed by atoms with Crippen molar-refractivity contribution in [2.24, 2.45) is 0 Å². The Kier molecular flexibility index (Phi) is 3.91. The van der Waals surface area contributed by atoms with Crippen LogP contribution in [-0.2, 0) is 6.61 Å². The molecule has 3 aromatic rings. The van der Waals surface area contributed by atoms with Gasteiger partial charge < -0.3 is 9.26 Å². The molecule has 0 aliphatic carbocycles. The second kappa shape index (κ2) is 5.83. The molecule has 0 fully saturated rings. The second-order valence-electron chi connectivity index (χ2n) is 3.83. The summed E-state index contributed by atoms with van der Waals surface area (Å²) in [5.74, 6) is 1.42. The number of benzene rings is 1. The minimum absolute atomic E-state index is 0.162. The highest BCUT2D eigenvalue weighted by Gasteiger charge is 2.11. The third-order valence-electron chi connectivity index (χ3n) is 2.47. The highest BCUT2D eigenvalue weighted by molar-refractivity contribution is 7.13. The van der Waals surface area contributed by atoms with Gasteiger partial charge in [-0.05, 0) is 23.6 Å². The summed E-state index contributed by atoms with van der Waals surface area (Å²) in [5.41, 5.74) is 0. The lowest BCUT2D eigenvalue weighted by molar-refractivity contribution is 0.287. The maximum absolute atomic E-state index is 6.03. The van der Waals surface area contributed by atoms with Crippen LogP contribution in [0.2, 0.25) is 10.0 Å². The Hall–Kier alpha value is -1.56. The molecule has 0 saturated carbocycles. The van der Waals surface area contributed by atoms with Crippen LogP contribution in [0.5, 0.6) is 5.75 Å². The van der Waals surface area contributed by atoms with Gasteiger partial charge in [0.25, 0.3) is 5.89 Å². The molecule has 0 radical (unpaired) electrons. The Labute approximate surface area is 128 Å². The molecule has 1 aromatic carbocycles. The fourth-order valence-corrected chi connectivity index (χ4v) is 2.54. The van der Waals surface area contributed by atoms with Crippen LogP contribution in [0.4, 0.5) is 0 Å². The third kappa shape index (κ3) is 2.80. The summed E-state index contributed by atoms with van der Waals surface area (Å²) in [4.78, 5) is 5.17. The summed E-state index contributed by atoms with van der Waals surface area (Å²) >= 11 is 13.5. The summed E-state index contributed by atoms with van der Waals surface area (Å²) in [7, 11) is 0. The summed E-state index contributed by atoms with van der Waals surface area (Å²) in [5, 5.41) is 6.62. The number of nitrogens with zero attached hydrogens (tertiary/aromatic N) is 2. The minimum atomic E-state index is 0.162. The van der Waals surface area contributed by atoms with Gasteiger partial charge in [-0.3, -0.25) is 0 Å². The normalized spacial score (nSPS) is 10.7. The Morgan fingerprint density at radius 1 is 1.20 bits per heavy atom. The van der Waals surface area contributed by atoms with E-state index in [9.17, 15) is 0 Å². The first-order chi connectivity index (χ1) is 9.74. The minimum Gasteiger partial charge on any atom is -0.484 e. The van der Waals surface area contributed by atoms with Crippen molar-refractivity contribution in [2.45, 2.75) is 6.61 Å². The van der Waals surface area contributed by atoms with Gasteiger partial charge in [0.2, 0.25) is 5.82 Å². The highest BCUT2D eigenvalue weighted by Crippen LogP contribution is 2.32. The topological polar surface area (TPSA) is 48.2 Å². The van der Waals surface area contributed by atoms with Crippen molar-refractivity contribution < 1.29 is 9.26 Å².